The maximum atomic E-state index is 12.4. The Hall–Kier alpha value is -1.47. The lowest BCUT2D eigenvalue weighted by atomic mass is 9.97. The Labute approximate surface area is 139 Å². The number of carbonyl (C=O) groups excluding carboxylic acids is 1. The molecule has 0 bridgehead atoms. The van der Waals surface area contributed by atoms with Crippen LogP contribution in [0.4, 0.5) is 13.2 Å². The highest BCUT2D eigenvalue weighted by atomic mass is 35.5. The van der Waals surface area contributed by atoms with Gasteiger partial charge in [0.05, 0.1) is 0 Å². The van der Waals surface area contributed by atoms with Crippen LogP contribution in [0.3, 0.4) is 0 Å². The fourth-order valence-electron chi connectivity index (χ4n) is 2.69. The zero-order valence-electron chi connectivity index (χ0n) is 12.7. The molecule has 0 aromatic heterocycles. The molecule has 2 rings (SSSR count). The summed E-state index contributed by atoms with van der Waals surface area (Å²) in [5.74, 6) is -0.0642. The summed E-state index contributed by atoms with van der Waals surface area (Å²) in [5.41, 5.74) is 0.375. The maximum Gasteiger partial charge on any atom is 0.573 e. The van der Waals surface area contributed by atoms with Gasteiger partial charge in [0.2, 0.25) is 0 Å². The van der Waals surface area contributed by atoms with E-state index in [1.807, 2.05) is 7.05 Å². The molecular weight excluding hydrogens is 333 g/mol. The van der Waals surface area contributed by atoms with Crippen molar-refractivity contribution < 1.29 is 22.7 Å². The molecule has 1 atom stereocenters. The molecule has 1 fully saturated rings. The van der Waals surface area contributed by atoms with Gasteiger partial charge in [-0.3, -0.25) is 4.79 Å². The molecule has 0 radical (unpaired) electrons. The van der Waals surface area contributed by atoms with Crippen molar-refractivity contribution in [3.05, 3.63) is 29.8 Å². The standard InChI is InChI=1S/C15H19F3N2O2.ClH/c1-19-9-11-3-2-8-20(10-11)14(21)12-4-6-13(7-5-12)22-15(16,17)18;/h4-7,11,19H,2-3,8-10H2,1H3;1H. The minimum atomic E-state index is -4.72. The van der Waals surface area contributed by atoms with Crippen LogP contribution in [0.1, 0.15) is 23.2 Å². The first-order chi connectivity index (χ1) is 10.4. The second-order valence-corrected chi connectivity index (χ2v) is 5.39. The Morgan fingerprint density at radius 2 is 2.00 bits per heavy atom. The van der Waals surface area contributed by atoms with Gasteiger partial charge in [-0.05, 0) is 56.6 Å². The maximum absolute atomic E-state index is 12.4. The minimum Gasteiger partial charge on any atom is -0.406 e. The molecule has 1 heterocycles. The quantitative estimate of drug-likeness (QED) is 0.905. The van der Waals surface area contributed by atoms with Crippen molar-refractivity contribution in [2.45, 2.75) is 19.2 Å². The van der Waals surface area contributed by atoms with E-state index in [9.17, 15) is 18.0 Å². The largest absolute Gasteiger partial charge is 0.573 e. The van der Waals surface area contributed by atoms with Crippen LogP contribution in [0.2, 0.25) is 0 Å². The first kappa shape index (κ1) is 19.6. The zero-order chi connectivity index (χ0) is 16.2. The minimum absolute atomic E-state index is 0. The monoisotopic (exact) mass is 352 g/mol. The fraction of sp³-hybridized carbons (Fsp3) is 0.533. The van der Waals surface area contributed by atoms with Crippen molar-refractivity contribution in [3.63, 3.8) is 0 Å². The topological polar surface area (TPSA) is 41.6 Å². The van der Waals surface area contributed by atoms with E-state index in [1.54, 1.807) is 4.90 Å². The number of rotatable bonds is 4. The zero-order valence-corrected chi connectivity index (χ0v) is 13.5. The van der Waals surface area contributed by atoms with E-state index in [-0.39, 0.29) is 24.1 Å². The number of carbonyl (C=O) groups is 1. The number of likely N-dealkylation sites (tertiary alicyclic amines) is 1. The lowest BCUT2D eigenvalue weighted by Gasteiger charge is -2.32. The fourth-order valence-corrected chi connectivity index (χ4v) is 2.69. The first-order valence-electron chi connectivity index (χ1n) is 7.19. The number of nitrogens with one attached hydrogen (secondary N) is 1. The van der Waals surface area contributed by atoms with Crippen LogP contribution < -0.4 is 10.1 Å². The number of benzene rings is 1. The van der Waals surface area contributed by atoms with Gasteiger partial charge < -0.3 is 15.0 Å². The average molecular weight is 353 g/mol. The molecule has 1 unspecified atom stereocenters. The van der Waals surface area contributed by atoms with Crippen LogP contribution in [-0.4, -0.2) is 43.9 Å². The SMILES string of the molecule is CNCC1CCCN(C(=O)c2ccc(OC(F)(F)F)cc2)C1.Cl. The molecule has 23 heavy (non-hydrogen) atoms. The third kappa shape index (κ3) is 5.91. The molecule has 0 spiro atoms. The molecule has 1 N–H and O–H groups in total. The summed E-state index contributed by atoms with van der Waals surface area (Å²) in [6.07, 6.45) is -2.71. The van der Waals surface area contributed by atoms with Gasteiger partial charge in [-0.1, -0.05) is 0 Å². The van der Waals surface area contributed by atoms with E-state index >= 15 is 0 Å². The molecule has 8 heteroatoms. The summed E-state index contributed by atoms with van der Waals surface area (Å²) in [6.45, 7) is 2.20. The normalized spacial score (nSPS) is 18.3. The predicted molar refractivity (Wildman–Crippen MR) is 82.9 cm³/mol. The number of alkyl halides is 3. The molecular formula is C15H20ClF3N2O2. The van der Waals surface area contributed by atoms with E-state index in [2.05, 4.69) is 10.1 Å². The molecule has 1 aromatic rings. The summed E-state index contributed by atoms with van der Waals surface area (Å²) in [7, 11) is 1.88. The Morgan fingerprint density at radius 1 is 1.35 bits per heavy atom. The summed E-state index contributed by atoms with van der Waals surface area (Å²) in [4.78, 5) is 14.1. The highest BCUT2D eigenvalue weighted by Crippen LogP contribution is 2.24. The van der Waals surface area contributed by atoms with Crippen LogP contribution in [0.15, 0.2) is 24.3 Å². The number of nitrogens with zero attached hydrogens (tertiary/aromatic N) is 1. The van der Waals surface area contributed by atoms with E-state index in [0.29, 0.717) is 24.6 Å². The highest BCUT2D eigenvalue weighted by Gasteiger charge is 2.31. The van der Waals surface area contributed by atoms with Gasteiger partial charge in [-0.25, -0.2) is 0 Å². The van der Waals surface area contributed by atoms with Gasteiger partial charge in [0.25, 0.3) is 5.91 Å². The molecule has 1 aliphatic heterocycles. The number of hydrogen-bond donors (Lipinski definition) is 1. The van der Waals surface area contributed by atoms with Crippen molar-refractivity contribution >= 4 is 18.3 Å². The van der Waals surface area contributed by atoms with Crippen molar-refractivity contribution in [2.24, 2.45) is 5.92 Å². The molecule has 1 saturated heterocycles. The molecule has 1 aromatic carbocycles. The summed E-state index contributed by atoms with van der Waals surface area (Å²) >= 11 is 0. The first-order valence-corrected chi connectivity index (χ1v) is 7.19. The van der Waals surface area contributed by atoms with Crippen LogP contribution in [0, 0.1) is 5.92 Å². The van der Waals surface area contributed by atoms with Crippen molar-refractivity contribution in [1.29, 1.82) is 0 Å². The van der Waals surface area contributed by atoms with Gasteiger partial charge in [-0.15, -0.1) is 25.6 Å². The van der Waals surface area contributed by atoms with E-state index in [4.69, 9.17) is 0 Å². The smallest absolute Gasteiger partial charge is 0.406 e. The Morgan fingerprint density at radius 3 is 2.57 bits per heavy atom. The Kier molecular flexibility index (Phi) is 7.15. The average Bonchev–Trinajstić information content (AvgIpc) is 2.46. The lowest BCUT2D eigenvalue weighted by molar-refractivity contribution is -0.274. The van der Waals surface area contributed by atoms with Crippen LogP contribution >= 0.6 is 12.4 Å². The number of amides is 1. The third-order valence-corrected chi connectivity index (χ3v) is 3.63. The Balaban J connectivity index is 0.00000264. The summed E-state index contributed by atoms with van der Waals surface area (Å²) < 4.78 is 40.1. The lowest BCUT2D eigenvalue weighted by Crippen LogP contribution is -2.42. The van der Waals surface area contributed by atoms with Crippen molar-refractivity contribution in [2.75, 3.05) is 26.7 Å². The Bertz CT molecular complexity index is 506. The van der Waals surface area contributed by atoms with E-state index in [0.717, 1.165) is 31.5 Å². The van der Waals surface area contributed by atoms with Gasteiger partial charge in [0.15, 0.2) is 0 Å². The summed E-state index contributed by atoms with van der Waals surface area (Å²) in [6, 6.07) is 5.06. The second kappa shape index (κ2) is 8.40. The van der Waals surface area contributed by atoms with Gasteiger partial charge >= 0.3 is 6.36 Å². The van der Waals surface area contributed by atoms with Gasteiger partial charge in [0, 0.05) is 18.7 Å². The number of halogens is 4. The van der Waals surface area contributed by atoms with Crippen LogP contribution in [0.5, 0.6) is 5.75 Å². The molecule has 4 nitrogen and oxygen atoms in total. The van der Waals surface area contributed by atoms with E-state index < -0.39 is 6.36 Å². The predicted octanol–water partition coefficient (Wildman–Crippen LogP) is 3.08. The summed E-state index contributed by atoms with van der Waals surface area (Å²) in [5, 5.41) is 3.10. The molecule has 130 valence electrons. The number of hydrogen-bond acceptors (Lipinski definition) is 3. The molecule has 1 aliphatic rings. The third-order valence-electron chi connectivity index (χ3n) is 3.63. The van der Waals surface area contributed by atoms with Crippen LogP contribution in [0.25, 0.3) is 0 Å². The molecule has 0 aliphatic carbocycles. The van der Waals surface area contributed by atoms with Gasteiger partial charge in [0.1, 0.15) is 5.75 Å². The van der Waals surface area contributed by atoms with Gasteiger partial charge in [-0.2, -0.15) is 0 Å². The second-order valence-electron chi connectivity index (χ2n) is 5.39. The number of ether oxygens (including phenoxy) is 1. The van der Waals surface area contributed by atoms with Crippen molar-refractivity contribution in [1.82, 2.24) is 10.2 Å². The highest BCUT2D eigenvalue weighted by molar-refractivity contribution is 5.94. The van der Waals surface area contributed by atoms with E-state index in [1.165, 1.54) is 12.1 Å². The van der Waals surface area contributed by atoms with Crippen molar-refractivity contribution in [3.8, 4) is 5.75 Å². The molecule has 1 amide bonds. The number of piperidine rings is 1. The molecule has 0 saturated carbocycles. The van der Waals surface area contributed by atoms with Crippen LogP contribution in [-0.2, 0) is 0 Å².